The third-order valence-corrected chi connectivity index (χ3v) is 6.25. The number of aliphatic hydroxyl groups excluding tert-OH is 2. The van der Waals surface area contributed by atoms with Crippen molar-refractivity contribution in [2.24, 2.45) is 0 Å². The second kappa shape index (κ2) is 5.92. The summed E-state index contributed by atoms with van der Waals surface area (Å²) in [5, 5.41) is 20.2. The highest BCUT2D eigenvalue weighted by molar-refractivity contribution is 5.69. The second-order valence-corrected chi connectivity index (χ2v) is 8.07. The summed E-state index contributed by atoms with van der Waals surface area (Å²) in [7, 11) is 1.84. The first-order valence-corrected chi connectivity index (χ1v) is 9.51. The molecular formula is C20H22F2N4O2. The molecule has 1 aliphatic carbocycles. The normalized spacial score (nSPS) is 28.2. The summed E-state index contributed by atoms with van der Waals surface area (Å²) in [6, 6.07) is 5.44. The standard InChI is InChI=1S/C20H22F2N4O2/c1-10-15(27)9-26(10)19-23-16(13-5-6-20(21,22)17(13)24-19)11-3-4-12-8-25(2)18(28)14(12)7-11/h3-4,7,10,15,18,27-28H,5-6,8-9H2,1-2H3/t10-,15+,18?/m0/s1. The zero-order valence-corrected chi connectivity index (χ0v) is 15.7. The van der Waals surface area contributed by atoms with E-state index in [2.05, 4.69) is 9.97 Å². The molecule has 2 aliphatic heterocycles. The van der Waals surface area contributed by atoms with E-state index in [0.29, 0.717) is 29.9 Å². The summed E-state index contributed by atoms with van der Waals surface area (Å²) in [5.41, 5.74) is 3.28. The lowest BCUT2D eigenvalue weighted by Crippen LogP contribution is -2.59. The molecule has 0 bridgehead atoms. The molecule has 2 aromatic rings. The first-order valence-electron chi connectivity index (χ1n) is 9.51. The van der Waals surface area contributed by atoms with Crippen LogP contribution in [0, 0.1) is 0 Å². The number of aliphatic hydroxyl groups is 2. The van der Waals surface area contributed by atoms with Crippen molar-refractivity contribution >= 4 is 5.95 Å². The van der Waals surface area contributed by atoms with Crippen LogP contribution in [0.4, 0.5) is 14.7 Å². The van der Waals surface area contributed by atoms with E-state index in [1.54, 1.807) is 4.90 Å². The van der Waals surface area contributed by atoms with Crippen molar-refractivity contribution in [2.45, 2.75) is 50.6 Å². The molecule has 5 rings (SSSR count). The van der Waals surface area contributed by atoms with Crippen molar-refractivity contribution in [1.29, 1.82) is 0 Å². The van der Waals surface area contributed by atoms with Gasteiger partial charge in [-0.05, 0) is 32.0 Å². The number of anilines is 1. The average Bonchev–Trinajstić information content (AvgIpc) is 3.14. The third-order valence-electron chi connectivity index (χ3n) is 6.25. The van der Waals surface area contributed by atoms with Gasteiger partial charge >= 0.3 is 0 Å². The maximum absolute atomic E-state index is 14.5. The van der Waals surface area contributed by atoms with Crippen molar-refractivity contribution in [2.75, 3.05) is 18.5 Å². The number of hydrogen-bond donors (Lipinski definition) is 2. The molecule has 1 aromatic carbocycles. The van der Waals surface area contributed by atoms with Crippen molar-refractivity contribution in [3.05, 3.63) is 40.6 Å². The molecule has 3 aliphatic rings. The quantitative estimate of drug-likeness (QED) is 0.822. The predicted molar refractivity (Wildman–Crippen MR) is 98.9 cm³/mol. The fraction of sp³-hybridized carbons (Fsp3) is 0.500. The molecular weight excluding hydrogens is 366 g/mol. The van der Waals surface area contributed by atoms with E-state index in [9.17, 15) is 19.0 Å². The molecule has 8 heteroatoms. The Morgan fingerprint density at radius 1 is 1.21 bits per heavy atom. The first-order chi connectivity index (χ1) is 13.3. The highest BCUT2D eigenvalue weighted by Crippen LogP contribution is 2.45. The van der Waals surface area contributed by atoms with Crippen LogP contribution in [0.1, 0.15) is 42.0 Å². The molecule has 1 aromatic heterocycles. The molecule has 0 amide bonds. The Balaban J connectivity index is 1.65. The smallest absolute Gasteiger partial charge is 0.290 e. The second-order valence-electron chi connectivity index (χ2n) is 8.07. The van der Waals surface area contributed by atoms with Crippen LogP contribution in [0.2, 0.25) is 0 Å². The van der Waals surface area contributed by atoms with Gasteiger partial charge in [0.1, 0.15) is 11.9 Å². The summed E-state index contributed by atoms with van der Waals surface area (Å²) in [6.45, 7) is 2.80. The van der Waals surface area contributed by atoms with E-state index >= 15 is 0 Å². The lowest BCUT2D eigenvalue weighted by molar-refractivity contribution is -0.00603. The van der Waals surface area contributed by atoms with Crippen molar-refractivity contribution < 1.29 is 19.0 Å². The zero-order valence-electron chi connectivity index (χ0n) is 15.7. The van der Waals surface area contributed by atoms with Gasteiger partial charge in [-0.1, -0.05) is 12.1 Å². The fourth-order valence-electron chi connectivity index (χ4n) is 4.35. The minimum absolute atomic E-state index is 0.209. The van der Waals surface area contributed by atoms with Crippen LogP contribution < -0.4 is 4.90 Å². The van der Waals surface area contributed by atoms with Gasteiger partial charge in [-0.15, -0.1) is 0 Å². The minimum atomic E-state index is -2.98. The highest BCUT2D eigenvalue weighted by atomic mass is 19.3. The molecule has 6 nitrogen and oxygen atoms in total. The zero-order chi connectivity index (χ0) is 19.8. The van der Waals surface area contributed by atoms with Gasteiger partial charge in [-0.3, -0.25) is 4.90 Å². The number of nitrogens with zero attached hydrogens (tertiary/aromatic N) is 4. The van der Waals surface area contributed by atoms with Gasteiger partial charge in [0.15, 0.2) is 0 Å². The summed E-state index contributed by atoms with van der Waals surface area (Å²) in [6.07, 6.45) is -1.28. The molecule has 0 radical (unpaired) electrons. The van der Waals surface area contributed by atoms with Gasteiger partial charge < -0.3 is 15.1 Å². The molecule has 0 spiro atoms. The van der Waals surface area contributed by atoms with Gasteiger partial charge in [0.2, 0.25) is 5.95 Å². The highest BCUT2D eigenvalue weighted by Gasteiger charge is 2.45. The lowest BCUT2D eigenvalue weighted by atomic mass is 9.99. The van der Waals surface area contributed by atoms with Crippen LogP contribution in [0.5, 0.6) is 0 Å². The van der Waals surface area contributed by atoms with Crippen molar-refractivity contribution in [1.82, 2.24) is 14.9 Å². The molecule has 3 heterocycles. The van der Waals surface area contributed by atoms with Crippen LogP contribution in [0.25, 0.3) is 11.3 Å². The average molecular weight is 388 g/mol. The molecule has 3 atom stereocenters. The van der Waals surface area contributed by atoms with Crippen LogP contribution in [0.15, 0.2) is 18.2 Å². The Kier molecular flexibility index (Phi) is 3.78. The largest absolute Gasteiger partial charge is 0.389 e. The third kappa shape index (κ3) is 2.48. The molecule has 148 valence electrons. The number of aromatic nitrogens is 2. The number of hydrogen-bond acceptors (Lipinski definition) is 6. The van der Waals surface area contributed by atoms with Crippen LogP contribution in [0.3, 0.4) is 0 Å². The summed E-state index contributed by atoms with van der Waals surface area (Å²) >= 11 is 0. The predicted octanol–water partition coefficient (Wildman–Crippen LogP) is 2.19. The van der Waals surface area contributed by atoms with Gasteiger partial charge in [0.25, 0.3) is 5.92 Å². The fourth-order valence-corrected chi connectivity index (χ4v) is 4.35. The van der Waals surface area contributed by atoms with Crippen LogP contribution >= 0.6 is 0 Å². The van der Waals surface area contributed by atoms with Crippen LogP contribution in [-0.4, -0.2) is 50.8 Å². The number of β-amino-alcohol motifs (C(OH)–C–C–N with tert-alkyl or cyclic N) is 1. The molecule has 28 heavy (non-hydrogen) atoms. The van der Waals surface area contributed by atoms with Gasteiger partial charge in [-0.2, -0.15) is 8.78 Å². The maximum atomic E-state index is 14.5. The number of halogens is 2. The number of benzene rings is 1. The van der Waals surface area contributed by atoms with Gasteiger partial charge in [0.05, 0.1) is 17.8 Å². The van der Waals surface area contributed by atoms with Gasteiger partial charge in [-0.25, -0.2) is 9.97 Å². The van der Waals surface area contributed by atoms with E-state index in [0.717, 1.165) is 11.1 Å². The number of fused-ring (bicyclic) bond motifs is 2. The Morgan fingerprint density at radius 2 is 2.00 bits per heavy atom. The summed E-state index contributed by atoms with van der Waals surface area (Å²) in [4.78, 5) is 12.4. The van der Waals surface area contributed by atoms with Crippen molar-refractivity contribution in [3.63, 3.8) is 0 Å². The Bertz CT molecular complexity index is 967. The van der Waals surface area contributed by atoms with Gasteiger partial charge in [0, 0.05) is 36.2 Å². The first kappa shape index (κ1) is 17.9. The maximum Gasteiger partial charge on any atom is 0.290 e. The topological polar surface area (TPSA) is 72.7 Å². The van der Waals surface area contributed by atoms with E-state index in [1.807, 2.05) is 37.1 Å². The Hall–Kier alpha value is -2.16. The minimum Gasteiger partial charge on any atom is -0.389 e. The molecule has 0 saturated carbocycles. The van der Waals surface area contributed by atoms with E-state index < -0.39 is 18.3 Å². The number of alkyl halides is 2. The van der Waals surface area contributed by atoms with E-state index in [1.165, 1.54) is 0 Å². The summed E-state index contributed by atoms with van der Waals surface area (Å²) < 4.78 is 29.0. The SMILES string of the molecule is C[C@H]1[C@H](O)CN1c1nc(-c2ccc3c(c2)C(O)N(C)C3)c2c(n1)C(F)(F)CC2. The molecule has 1 saturated heterocycles. The monoisotopic (exact) mass is 388 g/mol. The Labute approximate surface area is 161 Å². The van der Waals surface area contributed by atoms with E-state index in [4.69, 9.17) is 0 Å². The molecule has 2 N–H and O–H groups in total. The van der Waals surface area contributed by atoms with Crippen LogP contribution in [-0.2, 0) is 18.9 Å². The van der Waals surface area contributed by atoms with Crippen molar-refractivity contribution in [3.8, 4) is 11.3 Å². The number of rotatable bonds is 2. The molecule has 1 fully saturated rings. The Morgan fingerprint density at radius 3 is 2.71 bits per heavy atom. The summed E-state index contributed by atoms with van der Waals surface area (Å²) in [5.74, 6) is -2.75. The van der Waals surface area contributed by atoms with E-state index in [-0.39, 0.29) is 30.5 Å². The lowest BCUT2D eigenvalue weighted by Gasteiger charge is -2.43. The molecule has 1 unspecified atom stereocenters.